The van der Waals surface area contributed by atoms with Crippen molar-refractivity contribution >= 4 is 29.0 Å². The summed E-state index contributed by atoms with van der Waals surface area (Å²) in [6, 6.07) is 2.06. The van der Waals surface area contributed by atoms with Gasteiger partial charge in [0.15, 0.2) is 0 Å². The number of aryl methyl sites for hydroxylation is 1. The number of amides is 1. The number of thiophene rings is 1. The van der Waals surface area contributed by atoms with E-state index < -0.39 is 0 Å². The lowest BCUT2D eigenvalue weighted by Gasteiger charge is -2.35. The molecule has 0 unspecified atom stereocenters. The zero-order valence-electron chi connectivity index (χ0n) is 12.3. The van der Waals surface area contributed by atoms with E-state index in [1.54, 1.807) is 11.3 Å². The van der Waals surface area contributed by atoms with Crippen molar-refractivity contribution in [1.29, 1.82) is 0 Å². The zero-order chi connectivity index (χ0) is 14.7. The molecule has 1 aliphatic heterocycles. The Morgan fingerprint density at radius 3 is 2.86 bits per heavy atom. The largest absolute Gasteiger partial charge is 0.396 e. The van der Waals surface area contributed by atoms with Gasteiger partial charge < -0.3 is 10.4 Å². The minimum atomic E-state index is -0.0827. The molecule has 0 aromatic carbocycles. The third-order valence-electron chi connectivity index (χ3n) is 4.73. The molecule has 0 spiro atoms. The normalized spacial score (nSPS) is 20.8. The van der Waals surface area contributed by atoms with Gasteiger partial charge in [-0.2, -0.15) is 11.8 Å². The smallest absolute Gasteiger partial charge is 0.261 e. The fourth-order valence-electron chi connectivity index (χ4n) is 3.31. The highest BCUT2D eigenvalue weighted by Crippen LogP contribution is 2.36. The van der Waals surface area contributed by atoms with Crippen LogP contribution in [0.2, 0.25) is 0 Å². The predicted octanol–water partition coefficient (Wildman–Crippen LogP) is 3.21. The van der Waals surface area contributed by atoms with E-state index in [1.807, 2.05) is 11.8 Å². The van der Waals surface area contributed by atoms with Gasteiger partial charge in [0.05, 0.1) is 11.5 Å². The van der Waals surface area contributed by atoms with Crippen LogP contribution in [0.15, 0.2) is 6.07 Å². The van der Waals surface area contributed by atoms with Crippen LogP contribution in [0, 0.1) is 5.41 Å². The molecule has 0 radical (unpaired) electrons. The number of nitrogens with one attached hydrogen (secondary N) is 1. The van der Waals surface area contributed by atoms with Gasteiger partial charge in [-0.25, -0.2) is 0 Å². The first kappa shape index (κ1) is 15.4. The summed E-state index contributed by atoms with van der Waals surface area (Å²) in [4.78, 5) is 14.6. The summed E-state index contributed by atoms with van der Waals surface area (Å²) in [5.41, 5.74) is 1.26. The molecule has 2 heterocycles. The van der Waals surface area contributed by atoms with Crippen LogP contribution >= 0.6 is 23.1 Å². The van der Waals surface area contributed by atoms with Gasteiger partial charge in [-0.1, -0.05) is 19.3 Å². The average Bonchev–Trinajstić information content (AvgIpc) is 2.97. The number of thioether (sulfide) groups is 1. The van der Waals surface area contributed by atoms with Crippen molar-refractivity contribution in [3.05, 3.63) is 21.4 Å². The van der Waals surface area contributed by atoms with E-state index in [2.05, 4.69) is 11.4 Å². The Balaban J connectivity index is 1.62. The van der Waals surface area contributed by atoms with E-state index in [-0.39, 0.29) is 17.9 Å². The molecule has 116 valence electrons. The molecule has 1 amide bonds. The van der Waals surface area contributed by atoms with Crippen LogP contribution < -0.4 is 5.32 Å². The maximum absolute atomic E-state index is 12.4. The summed E-state index contributed by atoms with van der Waals surface area (Å²) in [6.45, 7) is 0.796. The van der Waals surface area contributed by atoms with E-state index in [0.717, 1.165) is 29.9 Å². The number of hydrogen-bond acceptors (Lipinski definition) is 4. The second-order valence-corrected chi connectivity index (χ2v) is 8.51. The van der Waals surface area contributed by atoms with Crippen molar-refractivity contribution in [3.63, 3.8) is 0 Å². The Morgan fingerprint density at radius 2 is 2.14 bits per heavy atom. The molecule has 5 heteroatoms. The fraction of sp³-hybridized carbons (Fsp3) is 0.688. The third kappa shape index (κ3) is 3.46. The molecule has 1 aliphatic carbocycles. The van der Waals surface area contributed by atoms with Crippen molar-refractivity contribution in [2.24, 2.45) is 5.41 Å². The standard InChI is InChI=1S/C16H23NO2S2/c18-11-16(5-2-1-3-6-16)10-17-15(19)14-8-12-9-20-7-4-13(12)21-14/h8,18H,1-7,9-11H2,(H,17,19). The quantitative estimate of drug-likeness (QED) is 0.894. The molecule has 1 fully saturated rings. The number of carbonyl (C=O) groups is 1. The minimum absolute atomic E-state index is 0.0396. The SMILES string of the molecule is O=C(NCC1(CO)CCCCC1)c1cc2c(s1)CCSC2. The molecule has 0 saturated heterocycles. The number of aliphatic hydroxyl groups is 1. The summed E-state index contributed by atoms with van der Waals surface area (Å²) in [5.74, 6) is 2.25. The summed E-state index contributed by atoms with van der Waals surface area (Å²) in [5, 5.41) is 12.8. The Labute approximate surface area is 134 Å². The Morgan fingerprint density at radius 1 is 1.33 bits per heavy atom. The van der Waals surface area contributed by atoms with Crippen molar-refractivity contribution < 1.29 is 9.90 Å². The van der Waals surface area contributed by atoms with E-state index in [4.69, 9.17) is 0 Å². The van der Waals surface area contributed by atoms with Crippen LogP contribution in [-0.2, 0) is 12.2 Å². The monoisotopic (exact) mass is 325 g/mol. The summed E-state index contributed by atoms with van der Waals surface area (Å²) < 4.78 is 0. The Hall–Kier alpha value is -0.520. The number of hydrogen-bond donors (Lipinski definition) is 2. The molecule has 0 atom stereocenters. The van der Waals surface area contributed by atoms with Crippen molar-refractivity contribution in [2.45, 2.75) is 44.3 Å². The van der Waals surface area contributed by atoms with Crippen LogP contribution in [0.4, 0.5) is 0 Å². The van der Waals surface area contributed by atoms with Gasteiger partial charge >= 0.3 is 0 Å². The van der Waals surface area contributed by atoms with Gasteiger partial charge in [0.2, 0.25) is 0 Å². The zero-order valence-corrected chi connectivity index (χ0v) is 14.0. The second-order valence-electron chi connectivity index (χ2n) is 6.26. The molecule has 1 aromatic heterocycles. The van der Waals surface area contributed by atoms with E-state index in [9.17, 15) is 9.90 Å². The van der Waals surface area contributed by atoms with Crippen molar-refractivity contribution in [2.75, 3.05) is 18.9 Å². The van der Waals surface area contributed by atoms with Crippen LogP contribution in [0.5, 0.6) is 0 Å². The molecule has 1 aromatic rings. The van der Waals surface area contributed by atoms with E-state index in [1.165, 1.54) is 35.5 Å². The van der Waals surface area contributed by atoms with Gasteiger partial charge in [0.1, 0.15) is 0 Å². The fourth-order valence-corrected chi connectivity index (χ4v) is 5.60. The van der Waals surface area contributed by atoms with Gasteiger partial charge in [-0.05, 0) is 36.6 Å². The first-order chi connectivity index (χ1) is 10.2. The third-order valence-corrected chi connectivity index (χ3v) is 6.97. The molecule has 2 aliphatic rings. The van der Waals surface area contributed by atoms with Gasteiger partial charge in [0, 0.05) is 22.6 Å². The highest BCUT2D eigenvalue weighted by Gasteiger charge is 2.32. The predicted molar refractivity (Wildman–Crippen MR) is 89.1 cm³/mol. The second kappa shape index (κ2) is 6.71. The van der Waals surface area contributed by atoms with Crippen LogP contribution in [0.3, 0.4) is 0 Å². The van der Waals surface area contributed by atoms with Gasteiger partial charge in [0.25, 0.3) is 5.91 Å². The van der Waals surface area contributed by atoms with Crippen LogP contribution in [0.25, 0.3) is 0 Å². The van der Waals surface area contributed by atoms with E-state index >= 15 is 0 Å². The highest BCUT2D eigenvalue weighted by atomic mass is 32.2. The molecule has 0 bridgehead atoms. The topological polar surface area (TPSA) is 49.3 Å². The van der Waals surface area contributed by atoms with E-state index in [0.29, 0.717) is 6.54 Å². The average molecular weight is 325 g/mol. The van der Waals surface area contributed by atoms with Crippen LogP contribution in [0.1, 0.15) is 52.2 Å². The van der Waals surface area contributed by atoms with Crippen LogP contribution in [-0.4, -0.2) is 29.9 Å². The highest BCUT2D eigenvalue weighted by molar-refractivity contribution is 7.98. The maximum Gasteiger partial charge on any atom is 0.261 e. The lowest BCUT2D eigenvalue weighted by atomic mass is 9.74. The lowest BCUT2D eigenvalue weighted by molar-refractivity contribution is 0.0720. The molecule has 3 nitrogen and oxygen atoms in total. The summed E-state index contributed by atoms with van der Waals surface area (Å²) in [7, 11) is 0. The molecule has 2 N–H and O–H groups in total. The first-order valence-electron chi connectivity index (χ1n) is 7.81. The summed E-state index contributed by atoms with van der Waals surface area (Å²) >= 11 is 3.59. The number of fused-ring (bicyclic) bond motifs is 1. The van der Waals surface area contributed by atoms with Crippen molar-refractivity contribution in [1.82, 2.24) is 5.32 Å². The Bertz CT molecular complexity index is 483. The first-order valence-corrected chi connectivity index (χ1v) is 9.78. The Kier molecular flexibility index (Phi) is 4.92. The van der Waals surface area contributed by atoms with Gasteiger partial charge in [-0.3, -0.25) is 4.79 Å². The molecular formula is C16H23NO2S2. The molecule has 3 rings (SSSR count). The van der Waals surface area contributed by atoms with Gasteiger partial charge in [-0.15, -0.1) is 11.3 Å². The molecular weight excluding hydrogens is 302 g/mol. The number of aliphatic hydroxyl groups excluding tert-OH is 1. The number of carbonyl (C=O) groups excluding carboxylic acids is 1. The molecule has 21 heavy (non-hydrogen) atoms. The van der Waals surface area contributed by atoms with Crippen molar-refractivity contribution in [3.8, 4) is 0 Å². The number of rotatable bonds is 4. The summed E-state index contributed by atoms with van der Waals surface area (Å²) in [6.07, 6.45) is 6.74. The molecule has 1 saturated carbocycles. The maximum atomic E-state index is 12.4. The minimum Gasteiger partial charge on any atom is -0.396 e. The lowest BCUT2D eigenvalue weighted by Crippen LogP contribution is -2.41.